The molecule has 1 aliphatic rings. The van der Waals surface area contributed by atoms with E-state index in [1.54, 1.807) is 0 Å². The summed E-state index contributed by atoms with van der Waals surface area (Å²) in [5, 5.41) is 12.7. The zero-order valence-electron chi connectivity index (χ0n) is 8.64. The molecule has 0 aromatic heterocycles. The summed E-state index contributed by atoms with van der Waals surface area (Å²) in [5.74, 6) is 0.576. The van der Waals surface area contributed by atoms with E-state index >= 15 is 0 Å². The molecular weight excluding hydrogens is 198 g/mol. The largest absolute Gasteiger partial charge is 0.396 e. The number of aliphatic hydroxyl groups is 1. The quantitative estimate of drug-likeness (QED) is 0.405. The number of hydrogen-bond donors (Lipinski definition) is 2. The van der Waals surface area contributed by atoms with Gasteiger partial charge in [-0.2, -0.15) is 0 Å². The topological polar surface area (TPSA) is 32.3 Å². The molecular formula is C11H20ClNO. The van der Waals surface area contributed by atoms with Gasteiger partial charge in [-0.05, 0) is 12.8 Å². The summed E-state index contributed by atoms with van der Waals surface area (Å²) >= 11 is 5.51. The number of alkyl halides is 1. The molecule has 0 radical (unpaired) electrons. The number of rotatable bonds is 6. The molecule has 1 saturated carbocycles. The van der Waals surface area contributed by atoms with Gasteiger partial charge in [-0.3, -0.25) is 0 Å². The van der Waals surface area contributed by atoms with Crippen molar-refractivity contribution in [3.05, 3.63) is 12.2 Å². The van der Waals surface area contributed by atoms with Crippen LogP contribution in [-0.2, 0) is 0 Å². The van der Waals surface area contributed by atoms with E-state index in [0.717, 1.165) is 25.9 Å². The summed E-state index contributed by atoms with van der Waals surface area (Å²) in [6.45, 7) is 2.10. The van der Waals surface area contributed by atoms with Gasteiger partial charge >= 0.3 is 0 Å². The first kappa shape index (κ1) is 12.0. The molecule has 1 fully saturated rings. The van der Waals surface area contributed by atoms with Gasteiger partial charge in [-0.15, -0.1) is 11.6 Å². The number of nitrogens with one attached hydrogen (secondary N) is 1. The van der Waals surface area contributed by atoms with Crippen molar-refractivity contribution in [3.63, 3.8) is 0 Å². The lowest BCUT2D eigenvalue weighted by molar-refractivity contribution is 0.129. The van der Waals surface area contributed by atoms with Crippen molar-refractivity contribution >= 4 is 11.6 Å². The minimum absolute atomic E-state index is 0.162. The van der Waals surface area contributed by atoms with Crippen LogP contribution in [0.15, 0.2) is 12.2 Å². The van der Waals surface area contributed by atoms with Crippen molar-refractivity contribution in [2.75, 3.05) is 25.6 Å². The van der Waals surface area contributed by atoms with Gasteiger partial charge < -0.3 is 10.4 Å². The Morgan fingerprint density at radius 1 is 1.29 bits per heavy atom. The first-order chi connectivity index (χ1) is 6.83. The molecule has 0 atom stereocenters. The SMILES string of the molecule is OCC1(CNC/C=C/CCl)CCCC1. The monoisotopic (exact) mass is 217 g/mol. The number of aliphatic hydroxyl groups excluding tert-OH is 1. The van der Waals surface area contributed by atoms with Crippen LogP contribution in [0.3, 0.4) is 0 Å². The van der Waals surface area contributed by atoms with Crippen molar-refractivity contribution in [2.24, 2.45) is 5.41 Å². The molecule has 0 amide bonds. The van der Waals surface area contributed by atoms with Gasteiger partial charge in [0.25, 0.3) is 0 Å². The highest BCUT2D eigenvalue weighted by Crippen LogP contribution is 2.36. The Kier molecular flexibility index (Phi) is 5.53. The van der Waals surface area contributed by atoms with Crippen molar-refractivity contribution in [2.45, 2.75) is 25.7 Å². The second-order valence-corrected chi connectivity index (χ2v) is 4.43. The zero-order valence-corrected chi connectivity index (χ0v) is 9.39. The van der Waals surface area contributed by atoms with E-state index in [1.165, 1.54) is 12.8 Å². The smallest absolute Gasteiger partial charge is 0.0499 e. The molecule has 2 nitrogen and oxygen atoms in total. The Labute approximate surface area is 91.3 Å². The van der Waals surface area contributed by atoms with Gasteiger partial charge in [0.05, 0.1) is 0 Å². The molecule has 0 aromatic rings. The van der Waals surface area contributed by atoms with Gasteiger partial charge in [0, 0.05) is 31.0 Å². The van der Waals surface area contributed by atoms with Gasteiger partial charge in [0.15, 0.2) is 0 Å². The Morgan fingerprint density at radius 2 is 2.00 bits per heavy atom. The number of hydrogen-bond acceptors (Lipinski definition) is 2. The summed E-state index contributed by atoms with van der Waals surface area (Å²) in [6.07, 6.45) is 8.83. The Balaban J connectivity index is 2.18. The van der Waals surface area contributed by atoms with Crippen molar-refractivity contribution < 1.29 is 5.11 Å². The lowest BCUT2D eigenvalue weighted by Crippen LogP contribution is -2.35. The van der Waals surface area contributed by atoms with E-state index in [-0.39, 0.29) is 5.41 Å². The molecule has 1 aliphatic carbocycles. The zero-order chi connectivity index (χ0) is 10.3. The second-order valence-electron chi connectivity index (χ2n) is 4.12. The summed E-state index contributed by atoms with van der Waals surface area (Å²) in [5.41, 5.74) is 0.162. The standard InChI is InChI=1S/C11H20ClNO/c12-7-3-4-8-13-9-11(10-14)5-1-2-6-11/h3-4,13-14H,1-2,5-10H2/b4-3+. The van der Waals surface area contributed by atoms with Crippen LogP contribution in [0.4, 0.5) is 0 Å². The van der Waals surface area contributed by atoms with Crippen LogP contribution in [0.25, 0.3) is 0 Å². The van der Waals surface area contributed by atoms with Crippen LogP contribution >= 0.6 is 11.6 Å². The van der Waals surface area contributed by atoms with Crippen LogP contribution < -0.4 is 5.32 Å². The second kappa shape index (κ2) is 6.44. The first-order valence-electron chi connectivity index (χ1n) is 5.35. The average molecular weight is 218 g/mol. The molecule has 0 aromatic carbocycles. The van der Waals surface area contributed by atoms with Crippen molar-refractivity contribution in [1.82, 2.24) is 5.32 Å². The van der Waals surface area contributed by atoms with Gasteiger partial charge in [0.2, 0.25) is 0 Å². The summed E-state index contributed by atoms with van der Waals surface area (Å²) in [4.78, 5) is 0. The van der Waals surface area contributed by atoms with Crippen LogP contribution in [0, 0.1) is 5.41 Å². The lowest BCUT2D eigenvalue weighted by atomic mass is 9.87. The molecule has 0 heterocycles. The fourth-order valence-corrected chi connectivity index (χ4v) is 2.21. The predicted octanol–water partition coefficient (Wildman–Crippen LogP) is 1.92. The predicted molar refractivity (Wildman–Crippen MR) is 60.7 cm³/mol. The third-order valence-electron chi connectivity index (χ3n) is 3.02. The Bertz CT molecular complexity index is 176. The molecule has 0 bridgehead atoms. The average Bonchev–Trinajstić information content (AvgIpc) is 2.67. The molecule has 0 unspecified atom stereocenters. The molecule has 0 spiro atoms. The normalized spacial score (nSPS) is 20.7. The third-order valence-corrected chi connectivity index (χ3v) is 3.20. The molecule has 0 saturated heterocycles. The number of allylic oxidation sites excluding steroid dienone is 1. The van der Waals surface area contributed by atoms with Crippen molar-refractivity contribution in [1.29, 1.82) is 0 Å². The summed E-state index contributed by atoms with van der Waals surface area (Å²) in [6, 6.07) is 0. The maximum atomic E-state index is 9.34. The van der Waals surface area contributed by atoms with Crippen LogP contribution in [0.1, 0.15) is 25.7 Å². The maximum absolute atomic E-state index is 9.34. The molecule has 0 aliphatic heterocycles. The minimum atomic E-state index is 0.162. The van der Waals surface area contributed by atoms with Crippen LogP contribution in [-0.4, -0.2) is 30.7 Å². The van der Waals surface area contributed by atoms with E-state index in [1.807, 2.05) is 12.2 Å². The van der Waals surface area contributed by atoms with Gasteiger partial charge in [-0.25, -0.2) is 0 Å². The van der Waals surface area contributed by atoms with Crippen molar-refractivity contribution in [3.8, 4) is 0 Å². The highest BCUT2D eigenvalue weighted by atomic mass is 35.5. The van der Waals surface area contributed by atoms with E-state index in [2.05, 4.69) is 5.32 Å². The van der Waals surface area contributed by atoms with E-state index in [0.29, 0.717) is 12.5 Å². The first-order valence-corrected chi connectivity index (χ1v) is 5.89. The lowest BCUT2D eigenvalue weighted by Gasteiger charge is -2.26. The van der Waals surface area contributed by atoms with E-state index in [4.69, 9.17) is 11.6 Å². The summed E-state index contributed by atoms with van der Waals surface area (Å²) < 4.78 is 0. The van der Waals surface area contributed by atoms with Gasteiger partial charge in [0.1, 0.15) is 0 Å². The Morgan fingerprint density at radius 3 is 2.57 bits per heavy atom. The fourth-order valence-electron chi connectivity index (χ4n) is 2.08. The van der Waals surface area contributed by atoms with Crippen LogP contribution in [0.5, 0.6) is 0 Å². The van der Waals surface area contributed by atoms with E-state index in [9.17, 15) is 5.11 Å². The maximum Gasteiger partial charge on any atom is 0.0499 e. The van der Waals surface area contributed by atoms with Gasteiger partial charge in [-0.1, -0.05) is 25.0 Å². The van der Waals surface area contributed by atoms with Crippen LogP contribution in [0.2, 0.25) is 0 Å². The molecule has 3 heteroatoms. The minimum Gasteiger partial charge on any atom is -0.396 e. The molecule has 14 heavy (non-hydrogen) atoms. The van der Waals surface area contributed by atoms with E-state index < -0.39 is 0 Å². The highest BCUT2D eigenvalue weighted by Gasteiger charge is 2.32. The fraction of sp³-hybridized carbons (Fsp3) is 0.818. The third kappa shape index (κ3) is 3.60. The summed E-state index contributed by atoms with van der Waals surface area (Å²) in [7, 11) is 0. The highest BCUT2D eigenvalue weighted by molar-refractivity contribution is 6.18. The molecule has 1 rings (SSSR count). The Hall–Kier alpha value is -0.0500. The molecule has 2 N–H and O–H groups in total. The number of halogens is 1. The molecule has 82 valence electrons.